The molecule has 0 aliphatic rings. The number of terminal acetylenes is 1. The van der Waals surface area contributed by atoms with Crippen LogP contribution in [0.1, 0.15) is 27.3 Å². The van der Waals surface area contributed by atoms with Gasteiger partial charge in [0.1, 0.15) is 23.9 Å². The molecule has 5 rings (SSSR count). The number of methoxy groups -OCH3 is 1. The van der Waals surface area contributed by atoms with Crippen molar-refractivity contribution in [1.82, 2.24) is 19.5 Å². The molecule has 9 nitrogen and oxygen atoms in total. The number of ether oxygens (including phenoxy) is 3. The summed E-state index contributed by atoms with van der Waals surface area (Å²) in [6, 6.07) is 21.2. The van der Waals surface area contributed by atoms with Crippen molar-refractivity contribution in [2.75, 3.05) is 19.0 Å². The lowest BCUT2D eigenvalue weighted by molar-refractivity contribution is 0.103. The molecule has 1 N–H and O–H groups in total. The standard InChI is InChI=1S/C32H27N5O4/c1-5-16-40-26-11-6-23(7-12-26)31(38)24-8-13-27(14-9-24)41-30-17-21(2)34-32(36-30)35-25-10-15-28(29(18-25)39-4)37-19-22(3)33-20-37/h1,6-15,17-20H,16H2,2-4H3,(H,34,35,36). The maximum absolute atomic E-state index is 12.9. The van der Waals surface area contributed by atoms with Crippen molar-refractivity contribution in [2.24, 2.45) is 0 Å². The van der Waals surface area contributed by atoms with Gasteiger partial charge in [-0.3, -0.25) is 4.79 Å². The van der Waals surface area contributed by atoms with Crippen LogP contribution in [0.4, 0.5) is 11.6 Å². The van der Waals surface area contributed by atoms with Crippen molar-refractivity contribution >= 4 is 17.4 Å². The number of rotatable bonds is 10. The van der Waals surface area contributed by atoms with E-state index in [-0.39, 0.29) is 12.4 Å². The molecule has 41 heavy (non-hydrogen) atoms. The Balaban J connectivity index is 1.27. The van der Waals surface area contributed by atoms with E-state index in [1.54, 1.807) is 68.0 Å². The molecule has 0 radical (unpaired) electrons. The van der Waals surface area contributed by atoms with E-state index in [4.69, 9.17) is 20.6 Å². The van der Waals surface area contributed by atoms with E-state index in [1.807, 2.05) is 42.8 Å². The van der Waals surface area contributed by atoms with Gasteiger partial charge < -0.3 is 24.1 Å². The predicted octanol–water partition coefficient (Wildman–Crippen LogP) is 6.07. The third kappa shape index (κ3) is 6.52. The molecule has 0 spiro atoms. The summed E-state index contributed by atoms with van der Waals surface area (Å²) >= 11 is 0. The molecule has 3 aromatic carbocycles. The molecule has 2 heterocycles. The van der Waals surface area contributed by atoms with Gasteiger partial charge in [0, 0.05) is 40.8 Å². The van der Waals surface area contributed by atoms with Crippen molar-refractivity contribution in [1.29, 1.82) is 0 Å². The molecule has 5 aromatic rings. The van der Waals surface area contributed by atoms with Gasteiger partial charge in [-0.15, -0.1) is 6.42 Å². The fourth-order valence-electron chi connectivity index (χ4n) is 4.09. The third-order valence-corrected chi connectivity index (χ3v) is 6.03. The largest absolute Gasteiger partial charge is 0.494 e. The summed E-state index contributed by atoms with van der Waals surface area (Å²) in [6.07, 6.45) is 8.88. The van der Waals surface area contributed by atoms with Crippen molar-refractivity contribution in [3.63, 3.8) is 0 Å². The van der Waals surface area contributed by atoms with Gasteiger partial charge in [-0.1, -0.05) is 5.92 Å². The summed E-state index contributed by atoms with van der Waals surface area (Å²) < 4.78 is 18.8. The smallest absolute Gasteiger partial charge is 0.230 e. The summed E-state index contributed by atoms with van der Waals surface area (Å²) in [5.74, 6) is 4.83. The monoisotopic (exact) mass is 545 g/mol. The number of hydrogen-bond acceptors (Lipinski definition) is 8. The van der Waals surface area contributed by atoms with Crippen LogP contribution in [-0.4, -0.2) is 39.0 Å². The molecule has 0 saturated carbocycles. The number of imidazole rings is 1. The Labute approximate surface area is 237 Å². The van der Waals surface area contributed by atoms with Gasteiger partial charge in [0.15, 0.2) is 5.78 Å². The Morgan fingerprint density at radius 1 is 0.927 bits per heavy atom. The molecule has 0 bridgehead atoms. The normalized spacial score (nSPS) is 10.5. The van der Waals surface area contributed by atoms with Crippen LogP contribution in [-0.2, 0) is 0 Å². The molecule has 0 aliphatic heterocycles. The molecule has 2 aromatic heterocycles. The zero-order valence-electron chi connectivity index (χ0n) is 22.8. The first-order valence-corrected chi connectivity index (χ1v) is 12.7. The van der Waals surface area contributed by atoms with Crippen LogP contribution >= 0.6 is 0 Å². The highest BCUT2D eigenvalue weighted by molar-refractivity contribution is 6.09. The first-order valence-electron chi connectivity index (χ1n) is 12.7. The van der Waals surface area contributed by atoms with Crippen molar-refractivity contribution in [3.8, 4) is 41.2 Å². The SMILES string of the molecule is C#CCOc1ccc(C(=O)c2ccc(Oc3cc(C)nc(Nc4ccc(-n5cnc(C)c5)c(OC)c4)n3)cc2)cc1. The minimum Gasteiger partial charge on any atom is -0.494 e. The Morgan fingerprint density at radius 3 is 2.27 bits per heavy atom. The molecule has 0 saturated heterocycles. The molecule has 0 atom stereocenters. The number of carbonyl (C=O) groups is 1. The first kappa shape index (κ1) is 27.0. The lowest BCUT2D eigenvalue weighted by atomic mass is 10.0. The van der Waals surface area contributed by atoms with E-state index in [0.29, 0.717) is 40.2 Å². The van der Waals surface area contributed by atoms with Gasteiger partial charge in [0.05, 0.1) is 24.8 Å². The van der Waals surface area contributed by atoms with Crippen LogP contribution in [0.2, 0.25) is 0 Å². The Morgan fingerprint density at radius 2 is 1.63 bits per heavy atom. The van der Waals surface area contributed by atoms with Crippen LogP contribution in [0.15, 0.2) is 85.3 Å². The number of hydrogen-bond donors (Lipinski definition) is 1. The second kappa shape index (κ2) is 12.1. The van der Waals surface area contributed by atoms with Gasteiger partial charge in [0.25, 0.3) is 0 Å². The van der Waals surface area contributed by atoms with Crippen LogP contribution in [0, 0.1) is 26.2 Å². The zero-order valence-corrected chi connectivity index (χ0v) is 22.8. The minimum absolute atomic E-state index is 0.117. The summed E-state index contributed by atoms with van der Waals surface area (Å²) in [4.78, 5) is 26.2. The van der Waals surface area contributed by atoms with Crippen LogP contribution in [0.25, 0.3) is 5.69 Å². The van der Waals surface area contributed by atoms with Gasteiger partial charge in [-0.25, -0.2) is 9.97 Å². The number of benzene rings is 3. The summed E-state index contributed by atoms with van der Waals surface area (Å²) in [5.41, 5.74) is 4.31. The van der Waals surface area contributed by atoms with Crippen LogP contribution in [0.5, 0.6) is 23.1 Å². The number of anilines is 2. The molecule has 9 heteroatoms. The lowest BCUT2D eigenvalue weighted by Gasteiger charge is -2.13. The maximum Gasteiger partial charge on any atom is 0.230 e. The van der Waals surface area contributed by atoms with Crippen molar-refractivity contribution < 1.29 is 19.0 Å². The third-order valence-electron chi connectivity index (χ3n) is 6.03. The quantitative estimate of drug-likeness (QED) is 0.167. The zero-order chi connectivity index (χ0) is 28.8. The number of aryl methyl sites for hydroxylation is 2. The second-order valence-corrected chi connectivity index (χ2v) is 9.08. The summed E-state index contributed by atoms with van der Waals surface area (Å²) in [7, 11) is 1.62. The number of aromatic nitrogens is 4. The highest BCUT2D eigenvalue weighted by atomic mass is 16.5. The van der Waals surface area contributed by atoms with Gasteiger partial charge >= 0.3 is 0 Å². The van der Waals surface area contributed by atoms with E-state index in [0.717, 1.165) is 22.8 Å². The molecule has 0 amide bonds. The molecular formula is C32H27N5O4. The van der Waals surface area contributed by atoms with Crippen LogP contribution in [0.3, 0.4) is 0 Å². The van der Waals surface area contributed by atoms with E-state index < -0.39 is 0 Å². The predicted molar refractivity (Wildman–Crippen MR) is 156 cm³/mol. The topological polar surface area (TPSA) is 100 Å². The highest BCUT2D eigenvalue weighted by Crippen LogP contribution is 2.29. The van der Waals surface area contributed by atoms with Gasteiger partial charge in [-0.05, 0) is 74.5 Å². The maximum atomic E-state index is 12.9. The second-order valence-electron chi connectivity index (χ2n) is 9.08. The molecule has 204 valence electrons. The average Bonchev–Trinajstić information content (AvgIpc) is 3.42. The first-order chi connectivity index (χ1) is 19.9. The summed E-state index contributed by atoms with van der Waals surface area (Å²) in [5, 5.41) is 3.22. The Bertz CT molecular complexity index is 1720. The minimum atomic E-state index is -0.117. The molecule has 0 unspecified atom stereocenters. The number of ketones is 1. The number of nitrogens with zero attached hydrogens (tertiary/aromatic N) is 4. The van der Waals surface area contributed by atoms with Crippen molar-refractivity contribution in [2.45, 2.75) is 13.8 Å². The van der Waals surface area contributed by atoms with E-state index in [9.17, 15) is 4.79 Å². The molecular weight excluding hydrogens is 518 g/mol. The number of carbonyl (C=O) groups excluding carboxylic acids is 1. The average molecular weight is 546 g/mol. The van der Waals surface area contributed by atoms with Crippen LogP contribution < -0.4 is 19.5 Å². The van der Waals surface area contributed by atoms with E-state index in [1.165, 1.54) is 0 Å². The Kier molecular flexibility index (Phi) is 7.93. The fourth-order valence-corrected chi connectivity index (χ4v) is 4.09. The number of nitrogens with one attached hydrogen (secondary N) is 1. The van der Waals surface area contributed by atoms with Gasteiger partial charge in [0.2, 0.25) is 11.8 Å². The lowest BCUT2D eigenvalue weighted by Crippen LogP contribution is -2.03. The van der Waals surface area contributed by atoms with Gasteiger partial charge in [-0.2, -0.15) is 4.98 Å². The summed E-state index contributed by atoms with van der Waals surface area (Å²) in [6.45, 7) is 3.96. The Hall–Kier alpha value is -5.62. The highest BCUT2D eigenvalue weighted by Gasteiger charge is 2.12. The van der Waals surface area contributed by atoms with E-state index in [2.05, 4.69) is 26.2 Å². The van der Waals surface area contributed by atoms with E-state index >= 15 is 0 Å². The fraction of sp³-hybridized carbons (Fsp3) is 0.125. The molecule has 0 fully saturated rings. The van der Waals surface area contributed by atoms with Crippen molar-refractivity contribution in [3.05, 3.63) is 108 Å². The molecule has 0 aliphatic carbocycles.